The number of nitrogens with zero attached hydrogens (tertiary/aromatic N) is 2. The zero-order valence-electron chi connectivity index (χ0n) is 25.7. The fourth-order valence-electron chi connectivity index (χ4n) is 5.45. The van der Waals surface area contributed by atoms with Crippen molar-refractivity contribution in [3.8, 4) is 33.8 Å². The van der Waals surface area contributed by atoms with Crippen LogP contribution in [0.5, 0.6) is 11.5 Å². The van der Waals surface area contributed by atoms with Gasteiger partial charge in [0.15, 0.2) is 0 Å². The summed E-state index contributed by atoms with van der Waals surface area (Å²) in [4.78, 5) is 25.5. The van der Waals surface area contributed by atoms with Crippen LogP contribution in [0.3, 0.4) is 0 Å². The molecule has 224 valence electrons. The Hall–Kier alpha value is -5.10. The first-order valence-electron chi connectivity index (χ1n) is 15.0. The van der Waals surface area contributed by atoms with Gasteiger partial charge >= 0.3 is 0 Å². The molecule has 44 heavy (non-hydrogen) atoms. The van der Waals surface area contributed by atoms with Crippen LogP contribution in [0.25, 0.3) is 44.1 Å². The number of hydrogen-bond donors (Lipinski definition) is 0. The summed E-state index contributed by atoms with van der Waals surface area (Å²) in [6.07, 6.45) is 3.30. The van der Waals surface area contributed by atoms with Crippen LogP contribution in [0, 0.1) is 0 Å². The first kappa shape index (κ1) is 30.4. The normalized spacial score (nSPS) is 10.8. The van der Waals surface area contributed by atoms with Gasteiger partial charge in [-0.05, 0) is 76.9 Å². The lowest BCUT2D eigenvalue weighted by atomic mass is 10.0. The van der Waals surface area contributed by atoms with E-state index in [1.54, 1.807) is 25.8 Å². The molecule has 0 saturated heterocycles. The Balaban J connectivity index is 0.000000177. The van der Waals surface area contributed by atoms with Crippen molar-refractivity contribution in [3.05, 3.63) is 130 Å². The lowest BCUT2D eigenvalue weighted by Crippen LogP contribution is -2.22. The van der Waals surface area contributed by atoms with Gasteiger partial charge in [0.25, 0.3) is 11.1 Å². The lowest BCUT2D eigenvalue weighted by molar-refractivity contribution is 0.415. The third kappa shape index (κ3) is 6.45. The molecular weight excluding hydrogens is 548 g/mol. The molecule has 0 N–H and O–H groups in total. The minimum Gasteiger partial charge on any atom is -0.497 e. The van der Waals surface area contributed by atoms with Crippen molar-refractivity contribution in [2.45, 2.75) is 32.7 Å². The summed E-state index contributed by atoms with van der Waals surface area (Å²) < 4.78 is 14.0. The molecule has 2 aromatic heterocycles. The molecule has 0 saturated carbocycles. The van der Waals surface area contributed by atoms with Crippen LogP contribution in [0.1, 0.15) is 26.2 Å². The summed E-state index contributed by atoms with van der Waals surface area (Å²) in [6, 6.07) is 35.1. The summed E-state index contributed by atoms with van der Waals surface area (Å²) >= 11 is 0. The maximum atomic E-state index is 13.1. The second-order valence-corrected chi connectivity index (χ2v) is 10.7. The molecular formula is C38H38N2O4. The summed E-state index contributed by atoms with van der Waals surface area (Å²) in [7, 11) is 5.08. The predicted octanol–water partition coefficient (Wildman–Crippen LogP) is 8.08. The number of rotatable bonds is 8. The van der Waals surface area contributed by atoms with Crippen LogP contribution >= 0.6 is 0 Å². The lowest BCUT2D eigenvalue weighted by Gasteiger charge is -2.13. The van der Waals surface area contributed by atoms with E-state index in [-0.39, 0.29) is 11.1 Å². The van der Waals surface area contributed by atoms with Gasteiger partial charge in [-0.1, -0.05) is 80.4 Å². The number of methoxy groups -OCH3 is 2. The largest absolute Gasteiger partial charge is 0.497 e. The van der Waals surface area contributed by atoms with Crippen molar-refractivity contribution in [1.29, 1.82) is 0 Å². The number of hydrogen-bond acceptors (Lipinski definition) is 4. The average Bonchev–Trinajstić information content (AvgIpc) is 3.07. The maximum absolute atomic E-state index is 13.1. The molecule has 4 aromatic carbocycles. The highest BCUT2D eigenvalue weighted by molar-refractivity contribution is 5.85. The Labute approximate surface area is 257 Å². The number of benzene rings is 4. The molecule has 0 atom stereocenters. The van der Waals surface area contributed by atoms with E-state index in [2.05, 4.69) is 13.0 Å². The van der Waals surface area contributed by atoms with E-state index in [9.17, 15) is 9.59 Å². The SMILES string of the molecule is CCCCCn1c(=O)c(-c2ccc(OC)cc2)cc2ccccc21.COc1ccc(-c2cc3ccccc3n(C)c2=O)cc1. The van der Waals surface area contributed by atoms with Gasteiger partial charge in [-0.25, -0.2) is 0 Å². The molecule has 6 heteroatoms. The van der Waals surface area contributed by atoms with Gasteiger partial charge in [0.05, 0.1) is 25.3 Å². The summed E-state index contributed by atoms with van der Waals surface area (Å²) in [5, 5.41) is 2.15. The highest BCUT2D eigenvalue weighted by Gasteiger charge is 2.11. The van der Waals surface area contributed by atoms with Gasteiger partial charge < -0.3 is 18.6 Å². The fourth-order valence-corrected chi connectivity index (χ4v) is 5.45. The molecule has 6 aromatic rings. The van der Waals surface area contributed by atoms with E-state index in [0.717, 1.165) is 75.8 Å². The molecule has 0 aliphatic rings. The monoisotopic (exact) mass is 586 g/mol. The maximum Gasteiger partial charge on any atom is 0.258 e. The topological polar surface area (TPSA) is 62.5 Å². The number of fused-ring (bicyclic) bond motifs is 2. The van der Waals surface area contributed by atoms with Crippen LogP contribution in [-0.4, -0.2) is 23.4 Å². The van der Waals surface area contributed by atoms with Crippen LogP contribution in [0.4, 0.5) is 0 Å². The molecule has 6 rings (SSSR count). The third-order valence-corrected chi connectivity index (χ3v) is 7.92. The number of aromatic nitrogens is 2. The van der Waals surface area contributed by atoms with Crippen LogP contribution in [0.2, 0.25) is 0 Å². The summed E-state index contributed by atoms with van der Waals surface area (Å²) in [6.45, 7) is 2.94. The van der Waals surface area contributed by atoms with Gasteiger partial charge in [-0.3, -0.25) is 9.59 Å². The van der Waals surface area contributed by atoms with Crippen molar-refractivity contribution < 1.29 is 9.47 Å². The van der Waals surface area contributed by atoms with Gasteiger partial charge in [-0.2, -0.15) is 0 Å². The van der Waals surface area contributed by atoms with E-state index in [4.69, 9.17) is 9.47 Å². The highest BCUT2D eigenvalue weighted by Crippen LogP contribution is 2.25. The Morgan fingerprint density at radius 2 is 1.07 bits per heavy atom. The minimum absolute atomic E-state index is 0.00821. The van der Waals surface area contributed by atoms with Crippen LogP contribution < -0.4 is 20.6 Å². The number of pyridine rings is 2. The molecule has 0 unspecified atom stereocenters. The first-order chi connectivity index (χ1) is 21.4. The Kier molecular flexibility index (Phi) is 9.60. The second kappa shape index (κ2) is 13.9. The molecule has 0 aliphatic heterocycles. The zero-order chi connectivity index (χ0) is 31.1. The van der Waals surface area contributed by atoms with Gasteiger partial charge in [0.2, 0.25) is 0 Å². The number of ether oxygens (including phenoxy) is 2. The quantitative estimate of drug-likeness (QED) is 0.169. The van der Waals surface area contributed by atoms with Gasteiger partial charge in [0.1, 0.15) is 11.5 Å². The van der Waals surface area contributed by atoms with E-state index in [1.807, 2.05) is 108 Å². The molecule has 0 fully saturated rings. The molecule has 0 bridgehead atoms. The van der Waals surface area contributed by atoms with Gasteiger partial charge in [0, 0.05) is 24.7 Å². The van der Waals surface area contributed by atoms with E-state index in [1.165, 1.54) is 0 Å². The van der Waals surface area contributed by atoms with E-state index >= 15 is 0 Å². The standard InChI is InChI=1S/C21H23NO2.C17H15NO2/c1-3-4-7-14-22-20-9-6-5-8-17(20)15-19(21(22)23)16-10-12-18(24-2)13-11-16;1-18-16-6-4-3-5-13(16)11-15(17(18)19)12-7-9-14(20-2)10-8-12/h5-6,8-13,15H,3-4,7,14H2,1-2H3;3-11H,1-2H3. The van der Waals surface area contributed by atoms with Crippen LogP contribution in [-0.2, 0) is 13.6 Å². The fraction of sp³-hybridized carbons (Fsp3) is 0.211. The first-order valence-corrected chi connectivity index (χ1v) is 15.0. The number of unbranched alkanes of at least 4 members (excludes halogenated alkanes) is 2. The van der Waals surface area contributed by atoms with Gasteiger partial charge in [-0.15, -0.1) is 0 Å². The summed E-state index contributed by atoms with van der Waals surface area (Å²) in [5.74, 6) is 1.58. The molecule has 2 heterocycles. The third-order valence-electron chi connectivity index (χ3n) is 7.92. The van der Waals surface area contributed by atoms with E-state index in [0.29, 0.717) is 5.56 Å². The average molecular weight is 587 g/mol. The van der Waals surface area contributed by atoms with Crippen molar-refractivity contribution in [3.63, 3.8) is 0 Å². The smallest absolute Gasteiger partial charge is 0.258 e. The van der Waals surface area contributed by atoms with Crippen LogP contribution in [0.15, 0.2) is 119 Å². The molecule has 0 spiro atoms. The molecule has 0 radical (unpaired) electrons. The molecule has 0 amide bonds. The zero-order valence-corrected chi connectivity index (χ0v) is 25.7. The van der Waals surface area contributed by atoms with Crippen molar-refractivity contribution >= 4 is 21.8 Å². The number of aryl methyl sites for hydroxylation is 2. The minimum atomic E-state index is 0.00821. The Morgan fingerprint density at radius 1 is 0.591 bits per heavy atom. The summed E-state index contributed by atoms with van der Waals surface area (Å²) in [5.41, 5.74) is 5.31. The molecule has 0 aliphatic carbocycles. The van der Waals surface area contributed by atoms with Crippen molar-refractivity contribution in [1.82, 2.24) is 9.13 Å². The Bertz CT molecular complexity index is 1990. The Morgan fingerprint density at radius 3 is 1.59 bits per heavy atom. The second-order valence-electron chi connectivity index (χ2n) is 10.7. The predicted molar refractivity (Wildman–Crippen MR) is 181 cm³/mol. The van der Waals surface area contributed by atoms with Crippen molar-refractivity contribution in [2.24, 2.45) is 7.05 Å². The highest BCUT2D eigenvalue weighted by atomic mass is 16.5. The molecule has 6 nitrogen and oxygen atoms in total. The van der Waals surface area contributed by atoms with Crippen molar-refractivity contribution in [2.75, 3.05) is 14.2 Å². The number of para-hydroxylation sites is 2. The van der Waals surface area contributed by atoms with E-state index < -0.39 is 0 Å².